The van der Waals surface area contributed by atoms with E-state index in [0.717, 1.165) is 19.3 Å². The van der Waals surface area contributed by atoms with Crippen LogP contribution < -0.4 is 0 Å². The Hall–Kier alpha value is -0.860. The van der Waals surface area contributed by atoms with Gasteiger partial charge in [0.1, 0.15) is 12.3 Å². The Bertz CT molecular complexity index is 167. The zero-order valence-electron chi connectivity index (χ0n) is 7.03. The van der Waals surface area contributed by atoms with Gasteiger partial charge in [-0.25, -0.2) is 0 Å². The van der Waals surface area contributed by atoms with Crippen LogP contribution in [0.1, 0.15) is 20.3 Å². The summed E-state index contributed by atoms with van der Waals surface area (Å²) in [6, 6.07) is 0.119. The van der Waals surface area contributed by atoms with Crippen LogP contribution in [0.15, 0.2) is 4.99 Å². The molecular formula is C8H14N2O. The highest BCUT2D eigenvalue weighted by Crippen LogP contribution is 2.10. The van der Waals surface area contributed by atoms with Crippen LogP contribution in [-0.4, -0.2) is 36.2 Å². The molecule has 3 heteroatoms. The third kappa shape index (κ3) is 1.59. The van der Waals surface area contributed by atoms with Crippen molar-refractivity contribution in [3.8, 4) is 0 Å². The molecule has 1 aliphatic rings. The average molecular weight is 154 g/mol. The quantitative estimate of drug-likeness (QED) is 0.560. The van der Waals surface area contributed by atoms with E-state index in [1.165, 1.54) is 0 Å². The fourth-order valence-electron chi connectivity index (χ4n) is 1.29. The van der Waals surface area contributed by atoms with E-state index >= 15 is 0 Å². The summed E-state index contributed by atoms with van der Waals surface area (Å²) in [6.07, 6.45) is 3.82. The fraction of sp³-hybridized carbons (Fsp3) is 0.750. The molecule has 0 amide bonds. The highest BCUT2D eigenvalue weighted by atomic mass is 16.1. The first-order chi connectivity index (χ1) is 5.29. The van der Waals surface area contributed by atoms with Crippen LogP contribution in [0.3, 0.4) is 0 Å². The minimum Gasteiger partial charge on any atom is -0.351 e. The maximum absolute atomic E-state index is 10.6. The predicted molar refractivity (Wildman–Crippen MR) is 44.8 cm³/mol. The molecule has 62 valence electrons. The van der Waals surface area contributed by atoms with Crippen molar-refractivity contribution in [2.45, 2.75) is 32.4 Å². The van der Waals surface area contributed by atoms with Crippen molar-refractivity contribution in [3.05, 3.63) is 0 Å². The van der Waals surface area contributed by atoms with Crippen molar-refractivity contribution in [2.24, 2.45) is 4.99 Å². The van der Waals surface area contributed by atoms with Crippen molar-refractivity contribution in [3.63, 3.8) is 0 Å². The number of rotatable bonds is 3. The zero-order chi connectivity index (χ0) is 8.27. The Morgan fingerprint density at radius 3 is 3.00 bits per heavy atom. The maximum atomic E-state index is 10.6. The van der Waals surface area contributed by atoms with Crippen LogP contribution in [0, 0.1) is 0 Å². The molecule has 2 unspecified atom stereocenters. The van der Waals surface area contributed by atoms with Gasteiger partial charge in [-0.3, -0.25) is 4.99 Å². The summed E-state index contributed by atoms with van der Waals surface area (Å²) >= 11 is 0. The minimum absolute atomic E-state index is 0.0186. The van der Waals surface area contributed by atoms with Gasteiger partial charge in [-0.05, 0) is 13.3 Å². The minimum atomic E-state index is -0.0186. The van der Waals surface area contributed by atoms with Crippen LogP contribution >= 0.6 is 0 Å². The number of aliphatic imine (C=N–C) groups is 1. The molecule has 0 aromatic rings. The second kappa shape index (κ2) is 3.51. The fourth-order valence-corrected chi connectivity index (χ4v) is 1.29. The molecule has 0 fully saturated rings. The lowest BCUT2D eigenvalue weighted by Gasteiger charge is -2.20. The predicted octanol–water partition coefficient (Wildman–Crippen LogP) is 0.696. The highest BCUT2D eigenvalue weighted by molar-refractivity contribution is 5.71. The third-order valence-electron chi connectivity index (χ3n) is 1.95. The molecular weight excluding hydrogens is 140 g/mol. The first kappa shape index (κ1) is 8.24. The van der Waals surface area contributed by atoms with E-state index in [0.29, 0.717) is 0 Å². The normalized spacial score (nSPS) is 29.5. The number of hydrogen-bond acceptors (Lipinski definition) is 3. The van der Waals surface area contributed by atoms with E-state index in [1.807, 2.05) is 11.8 Å². The van der Waals surface area contributed by atoms with Crippen molar-refractivity contribution in [1.82, 2.24) is 4.90 Å². The number of carbonyl (C=O) groups is 1. The molecule has 0 N–H and O–H groups in total. The number of carbonyl (C=O) groups excluding carboxylic acids is 1. The zero-order valence-corrected chi connectivity index (χ0v) is 7.03. The van der Waals surface area contributed by atoms with Gasteiger partial charge in [0.05, 0.1) is 12.4 Å². The van der Waals surface area contributed by atoms with Gasteiger partial charge in [-0.2, -0.15) is 0 Å². The maximum Gasteiger partial charge on any atom is 0.144 e. The molecule has 1 rings (SSSR count). The summed E-state index contributed by atoms with van der Waals surface area (Å²) in [5, 5.41) is 0. The molecule has 2 atom stereocenters. The number of hydrogen-bond donors (Lipinski definition) is 0. The van der Waals surface area contributed by atoms with Crippen LogP contribution in [0.4, 0.5) is 0 Å². The lowest BCUT2D eigenvalue weighted by Crippen LogP contribution is -2.36. The molecule has 1 heterocycles. The Morgan fingerprint density at radius 2 is 2.45 bits per heavy atom. The van der Waals surface area contributed by atoms with Crippen molar-refractivity contribution in [2.75, 3.05) is 6.54 Å². The molecule has 0 radical (unpaired) electrons. The summed E-state index contributed by atoms with van der Waals surface area (Å²) in [5.74, 6) is 0. The molecule has 0 saturated heterocycles. The average Bonchev–Trinajstić information content (AvgIpc) is 2.33. The third-order valence-corrected chi connectivity index (χ3v) is 1.95. The summed E-state index contributed by atoms with van der Waals surface area (Å²) in [4.78, 5) is 16.7. The first-order valence-corrected chi connectivity index (χ1v) is 4.04. The lowest BCUT2D eigenvalue weighted by atomic mass is 10.2. The van der Waals surface area contributed by atoms with Crippen LogP contribution in [0.5, 0.6) is 0 Å². The van der Waals surface area contributed by atoms with Gasteiger partial charge < -0.3 is 9.69 Å². The molecule has 0 aromatic carbocycles. The van der Waals surface area contributed by atoms with E-state index in [2.05, 4.69) is 11.9 Å². The van der Waals surface area contributed by atoms with Crippen molar-refractivity contribution in [1.29, 1.82) is 0 Å². The summed E-state index contributed by atoms with van der Waals surface area (Å²) < 4.78 is 0. The van der Waals surface area contributed by atoms with E-state index in [1.54, 1.807) is 6.34 Å². The van der Waals surface area contributed by atoms with Gasteiger partial charge >= 0.3 is 0 Å². The van der Waals surface area contributed by atoms with Gasteiger partial charge in [-0.15, -0.1) is 0 Å². The van der Waals surface area contributed by atoms with E-state index < -0.39 is 0 Å². The first-order valence-electron chi connectivity index (χ1n) is 4.04. The molecule has 0 aromatic heterocycles. The van der Waals surface area contributed by atoms with Crippen LogP contribution in [0.25, 0.3) is 0 Å². The highest BCUT2D eigenvalue weighted by Gasteiger charge is 2.25. The smallest absolute Gasteiger partial charge is 0.144 e. The van der Waals surface area contributed by atoms with Gasteiger partial charge in [0, 0.05) is 6.54 Å². The number of nitrogens with zero attached hydrogens (tertiary/aromatic N) is 2. The van der Waals surface area contributed by atoms with E-state index in [-0.39, 0.29) is 12.1 Å². The van der Waals surface area contributed by atoms with E-state index in [9.17, 15) is 4.79 Å². The molecule has 0 saturated carbocycles. The van der Waals surface area contributed by atoms with Crippen LogP contribution in [0.2, 0.25) is 0 Å². The Morgan fingerprint density at radius 1 is 1.73 bits per heavy atom. The van der Waals surface area contributed by atoms with Gasteiger partial charge in [0.2, 0.25) is 0 Å². The molecule has 3 nitrogen and oxygen atoms in total. The van der Waals surface area contributed by atoms with Gasteiger partial charge in [-0.1, -0.05) is 6.92 Å². The summed E-state index contributed by atoms with van der Waals surface area (Å²) in [5.41, 5.74) is 0. The summed E-state index contributed by atoms with van der Waals surface area (Å²) in [7, 11) is 0. The Labute approximate surface area is 67.1 Å². The molecule has 1 aliphatic heterocycles. The molecule has 0 bridgehead atoms. The standard InChI is InChI=1S/C8H14N2O/c1-3-4-10-6-9-7(2)8(10)5-11/h5-8H,3-4H2,1-2H3. The second-order valence-corrected chi connectivity index (χ2v) is 2.87. The Kier molecular flexibility index (Phi) is 2.63. The Balaban J connectivity index is 2.53. The number of aldehydes is 1. The molecule has 0 spiro atoms. The van der Waals surface area contributed by atoms with E-state index in [4.69, 9.17) is 0 Å². The topological polar surface area (TPSA) is 32.7 Å². The largest absolute Gasteiger partial charge is 0.351 e. The lowest BCUT2D eigenvalue weighted by molar-refractivity contribution is -0.111. The molecule has 11 heavy (non-hydrogen) atoms. The van der Waals surface area contributed by atoms with Crippen molar-refractivity contribution >= 4 is 12.6 Å². The van der Waals surface area contributed by atoms with Gasteiger partial charge in [0.15, 0.2) is 0 Å². The SMILES string of the molecule is CCCN1C=NC(C)C1C=O. The monoisotopic (exact) mass is 154 g/mol. The molecule has 0 aliphatic carbocycles. The van der Waals surface area contributed by atoms with Crippen LogP contribution in [-0.2, 0) is 4.79 Å². The van der Waals surface area contributed by atoms with Crippen molar-refractivity contribution < 1.29 is 4.79 Å². The summed E-state index contributed by atoms with van der Waals surface area (Å²) in [6.45, 7) is 4.99. The second-order valence-electron chi connectivity index (χ2n) is 2.87. The van der Waals surface area contributed by atoms with Gasteiger partial charge in [0.25, 0.3) is 0 Å².